The molecular weight excluding hydrogens is 228 g/mol. The topological polar surface area (TPSA) is 38.8 Å². The molecule has 0 radical (unpaired) electrons. The minimum atomic E-state index is 0.214. The van der Waals surface area contributed by atoms with Crippen molar-refractivity contribution in [2.75, 3.05) is 52.9 Å². The molecule has 0 spiro atoms. The van der Waals surface area contributed by atoms with Crippen LogP contribution in [0, 0.1) is 0 Å². The zero-order chi connectivity index (χ0) is 13.0. The Morgan fingerprint density at radius 3 is 2.39 bits per heavy atom. The summed E-state index contributed by atoms with van der Waals surface area (Å²) < 4.78 is 0. The van der Waals surface area contributed by atoms with Crippen molar-refractivity contribution in [2.24, 2.45) is 0 Å². The molecule has 0 atom stereocenters. The zero-order valence-electron chi connectivity index (χ0n) is 11.7. The van der Waals surface area contributed by atoms with E-state index in [0.717, 1.165) is 58.7 Å². The Labute approximate surface area is 110 Å². The number of piperidine rings is 1. The van der Waals surface area contributed by atoms with Gasteiger partial charge in [-0.15, -0.1) is 0 Å². The van der Waals surface area contributed by atoms with Gasteiger partial charge < -0.3 is 20.0 Å². The average Bonchev–Trinajstić information content (AvgIpc) is 2.47. The summed E-state index contributed by atoms with van der Waals surface area (Å²) >= 11 is 0. The number of hydrogen-bond donors (Lipinski definition) is 1. The van der Waals surface area contributed by atoms with Crippen molar-refractivity contribution in [1.29, 1.82) is 0 Å². The van der Waals surface area contributed by atoms with Gasteiger partial charge in [-0.2, -0.15) is 0 Å². The van der Waals surface area contributed by atoms with Gasteiger partial charge in [0.15, 0.2) is 0 Å². The van der Waals surface area contributed by atoms with Gasteiger partial charge >= 0.3 is 6.03 Å². The Hall–Kier alpha value is -0.810. The molecule has 104 valence electrons. The highest BCUT2D eigenvalue weighted by Crippen LogP contribution is 2.16. The van der Waals surface area contributed by atoms with E-state index in [1.807, 2.05) is 16.8 Å². The zero-order valence-corrected chi connectivity index (χ0v) is 11.7. The molecule has 2 aliphatic heterocycles. The Balaban J connectivity index is 1.83. The first-order chi connectivity index (χ1) is 8.72. The average molecular weight is 254 g/mol. The van der Waals surface area contributed by atoms with Crippen LogP contribution in [-0.2, 0) is 0 Å². The molecule has 0 aliphatic carbocycles. The molecular formula is C13H26N4O. The lowest BCUT2D eigenvalue weighted by atomic mass is 10.0. The summed E-state index contributed by atoms with van der Waals surface area (Å²) in [5, 5.41) is 3.28. The third-order valence-corrected chi connectivity index (χ3v) is 4.24. The minimum absolute atomic E-state index is 0.214. The lowest BCUT2D eigenvalue weighted by Gasteiger charge is -2.39. The van der Waals surface area contributed by atoms with Gasteiger partial charge in [0.25, 0.3) is 0 Å². The van der Waals surface area contributed by atoms with Crippen molar-refractivity contribution in [3.63, 3.8) is 0 Å². The number of rotatable bonds is 2. The number of carbonyl (C=O) groups is 1. The first kappa shape index (κ1) is 13.6. The fraction of sp³-hybridized carbons (Fsp3) is 0.923. The first-order valence-electron chi connectivity index (χ1n) is 7.17. The molecule has 0 saturated carbocycles. The van der Waals surface area contributed by atoms with Crippen molar-refractivity contribution in [1.82, 2.24) is 20.0 Å². The van der Waals surface area contributed by atoms with Crippen molar-refractivity contribution in [2.45, 2.75) is 25.8 Å². The van der Waals surface area contributed by atoms with Crippen LogP contribution >= 0.6 is 0 Å². The maximum absolute atomic E-state index is 12.4. The molecule has 2 aliphatic rings. The summed E-state index contributed by atoms with van der Waals surface area (Å²) in [7, 11) is 1.97. The maximum Gasteiger partial charge on any atom is 0.320 e. The molecule has 0 bridgehead atoms. The highest BCUT2D eigenvalue weighted by Gasteiger charge is 2.28. The van der Waals surface area contributed by atoms with E-state index in [4.69, 9.17) is 0 Å². The standard InChI is InChI=1S/C13H26N4O/c1-3-16-8-4-12(5-9-16)15(2)13(18)17-10-6-14-7-11-17/h12,14H,3-11H2,1-2H3. The van der Waals surface area contributed by atoms with Crippen LogP contribution in [0.25, 0.3) is 0 Å². The number of nitrogens with zero attached hydrogens (tertiary/aromatic N) is 3. The molecule has 2 amide bonds. The van der Waals surface area contributed by atoms with E-state index in [2.05, 4.69) is 17.1 Å². The second-order valence-corrected chi connectivity index (χ2v) is 5.30. The predicted molar refractivity (Wildman–Crippen MR) is 72.7 cm³/mol. The van der Waals surface area contributed by atoms with Gasteiger partial charge in [0.05, 0.1) is 0 Å². The normalized spacial score (nSPS) is 23.1. The second kappa shape index (κ2) is 6.38. The van der Waals surface area contributed by atoms with Crippen LogP contribution in [-0.4, -0.2) is 79.6 Å². The summed E-state index contributed by atoms with van der Waals surface area (Å²) in [5.74, 6) is 0. The molecule has 18 heavy (non-hydrogen) atoms. The number of nitrogens with one attached hydrogen (secondary N) is 1. The van der Waals surface area contributed by atoms with E-state index in [1.165, 1.54) is 0 Å². The van der Waals surface area contributed by atoms with Crippen LogP contribution in [0.1, 0.15) is 19.8 Å². The molecule has 0 unspecified atom stereocenters. The molecule has 5 heteroatoms. The SMILES string of the molecule is CCN1CCC(N(C)C(=O)N2CCNCC2)CC1. The maximum atomic E-state index is 12.4. The fourth-order valence-electron chi connectivity index (χ4n) is 2.86. The molecule has 2 heterocycles. The van der Waals surface area contributed by atoms with E-state index in [9.17, 15) is 4.79 Å². The molecule has 0 aromatic carbocycles. The van der Waals surface area contributed by atoms with Crippen LogP contribution in [0.2, 0.25) is 0 Å². The summed E-state index contributed by atoms with van der Waals surface area (Å²) in [6.45, 7) is 9.12. The predicted octanol–water partition coefficient (Wildman–Crippen LogP) is 0.428. The van der Waals surface area contributed by atoms with Gasteiger partial charge in [-0.3, -0.25) is 0 Å². The van der Waals surface area contributed by atoms with Crippen molar-refractivity contribution < 1.29 is 4.79 Å². The van der Waals surface area contributed by atoms with Crippen LogP contribution in [0.4, 0.5) is 4.79 Å². The molecule has 2 saturated heterocycles. The molecule has 0 aromatic heterocycles. The molecule has 0 aromatic rings. The first-order valence-corrected chi connectivity index (χ1v) is 7.17. The van der Waals surface area contributed by atoms with Gasteiger partial charge in [0.2, 0.25) is 0 Å². The number of urea groups is 1. The number of piperazine rings is 1. The Bertz CT molecular complexity index is 270. The van der Waals surface area contributed by atoms with Gasteiger partial charge in [-0.1, -0.05) is 6.92 Å². The van der Waals surface area contributed by atoms with Gasteiger partial charge in [-0.05, 0) is 19.4 Å². The van der Waals surface area contributed by atoms with E-state index >= 15 is 0 Å². The molecule has 2 fully saturated rings. The Morgan fingerprint density at radius 1 is 1.22 bits per heavy atom. The number of hydrogen-bond acceptors (Lipinski definition) is 3. The molecule has 1 N–H and O–H groups in total. The summed E-state index contributed by atoms with van der Waals surface area (Å²) in [6, 6.07) is 0.640. The van der Waals surface area contributed by atoms with Crippen molar-refractivity contribution >= 4 is 6.03 Å². The largest absolute Gasteiger partial charge is 0.325 e. The van der Waals surface area contributed by atoms with Gasteiger partial charge in [0.1, 0.15) is 0 Å². The van der Waals surface area contributed by atoms with Crippen LogP contribution in [0.3, 0.4) is 0 Å². The summed E-state index contributed by atoms with van der Waals surface area (Å²) in [4.78, 5) is 18.8. The van der Waals surface area contributed by atoms with E-state index in [0.29, 0.717) is 6.04 Å². The monoisotopic (exact) mass is 254 g/mol. The van der Waals surface area contributed by atoms with Crippen molar-refractivity contribution in [3.05, 3.63) is 0 Å². The Morgan fingerprint density at radius 2 is 1.83 bits per heavy atom. The van der Waals surface area contributed by atoms with E-state index < -0.39 is 0 Å². The number of carbonyl (C=O) groups excluding carboxylic acids is 1. The molecule has 5 nitrogen and oxygen atoms in total. The molecule has 2 rings (SSSR count). The third-order valence-electron chi connectivity index (χ3n) is 4.24. The summed E-state index contributed by atoms with van der Waals surface area (Å²) in [6.07, 6.45) is 2.23. The lowest BCUT2D eigenvalue weighted by molar-refractivity contribution is 0.110. The van der Waals surface area contributed by atoms with Crippen LogP contribution in [0.15, 0.2) is 0 Å². The van der Waals surface area contributed by atoms with E-state index in [-0.39, 0.29) is 6.03 Å². The number of amides is 2. The highest BCUT2D eigenvalue weighted by atomic mass is 16.2. The van der Waals surface area contributed by atoms with Crippen molar-refractivity contribution in [3.8, 4) is 0 Å². The smallest absolute Gasteiger partial charge is 0.320 e. The third kappa shape index (κ3) is 3.14. The van der Waals surface area contributed by atoms with E-state index in [1.54, 1.807) is 0 Å². The fourth-order valence-corrected chi connectivity index (χ4v) is 2.86. The minimum Gasteiger partial charge on any atom is -0.325 e. The van der Waals surface area contributed by atoms with Gasteiger partial charge in [-0.25, -0.2) is 4.79 Å². The van der Waals surface area contributed by atoms with Crippen LogP contribution < -0.4 is 5.32 Å². The second-order valence-electron chi connectivity index (χ2n) is 5.30. The van der Waals surface area contributed by atoms with Gasteiger partial charge in [0, 0.05) is 52.4 Å². The lowest BCUT2D eigenvalue weighted by Crippen LogP contribution is -2.54. The highest BCUT2D eigenvalue weighted by molar-refractivity contribution is 5.74. The quantitative estimate of drug-likeness (QED) is 0.776. The Kier molecular flexibility index (Phi) is 4.83. The number of likely N-dealkylation sites (tertiary alicyclic amines) is 1. The van der Waals surface area contributed by atoms with Crippen LogP contribution in [0.5, 0.6) is 0 Å². The summed E-state index contributed by atoms with van der Waals surface area (Å²) in [5.41, 5.74) is 0.